The molecule has 1 N–H and O–H groups in total. The Morgan fingerprint density at radius 2 is 1.89 bits per heavy atom. The van der Waals surface area contributed by atoms with Gasteiger partial charge in [-0.15, -0.1) is 10.2 Å². The highest BCUT2D eigenvalue weighted by atomic mass is 19.4. The zero-order valence-electron chi connectivity index (χ0n) is 18.8. The average molecular weight is 494 g/mol. The van der Waals surface area contributed by atoms with Crippen LogP contribution in [0.1, 0.15) is 30.0 Å². The third kappa shape index (κ3) is 3.67. The van der Waals surface area contributed by atoms with Gasteiger partial charge in [0.05, 0.1) is 5.56 Å². The number of aromatic nitrogens is 6. The van der Waals surface area contributed by atoms with Gasteiger partial charge in [0.15, 0.2) is 5.82 Å². The summed E-state index contributed by atoms with van der Waals surface area (Å²) in [6.45, 7) is 0. The summed E-state index contributed by atoms with van der Waals surface area (Å²) in [6, 6.07) is 8.80. The standard InChI is InChI=1S/C25H18F4N6O/c1-34-12-31-33-23(34)18-10-15(26)4-5-16(18)14-8-20(13-2-3-13)32-21(9-14)35-11-19(25(27,28)29)17-6-7-30-22(17)24(35)36/h4-13,30H,2-3H2,1H3. The third-order valence-electron chi connectivity index (χ3n) is 6.35. The van der Waals surface area contributed by atoms with Crippen LogP contribution < -0.4 is 5.56 Å². The van der Waals surface area contributed by atoms with Crippen LogP contribution in [0.4, 0.5) is 17.6 Å². The van der Waals surface area contributed by atoms with Crippen LogP contribution in [0, 0.1) is 5.82 Å². The van der Waals surface area contributed by atoms with E-state index in [2.05, 4.69) is 20.2 Å². The molecule has 7 nitrogen and oxygen atoms in total. The van der Waals surface area contributed by atoms with E-state index in [0.29, 0.717) is 28.2 Å². The molecule has 11 heteroatoms. The first-order valence-electron chi connectivity index (χ1n) is 11.2. The van der Waals surface area contributed by atoms with Crippen LogP contribution in [0.5, 0.6) is 0 Å². The van der Waals surface area contributed by atoms with Gasteiger partial charge < -0.3 is 9.55 Å². The molecule has 1 aliphatic rings. The van der Waals surface area contributed by atoms with Crippen LogP contribution in [0.15, 0.2) is 59.9 Å². The predicted octanol–water partition coefficient (Wildman–Crippen LogP) is 5.21. The number of rotatable bonds is 4. The minimum absolute atomic E-state index is 0.0506. The number of halogens is 4. The van der Waals surface area contributed by atoms with Gasteiger partial charge in [-0.05, 0) is 54.3 Å². The number of hydrogen-bond donors (Lipinski definition) is 1. The molecule has 0 amide bonds. The molecule has 0 unspecified atom stereocenters. The van der Waals surface area contributed by atoms with Gasteiger partial charge in [-0.1, -0.05) is 6.07 Å². The van der Waals surface area contributed by atoms with E-state index < -0.39 is 23.1 Å². The molecule has 4 heterocycles. The minimum Gasteiger partial charge on any atom is -0.357 e. The molecule has 0 aliphatic heterocycles. The van der Waals surface area contributed by atoms with Gasteiger partial charge in [-0.2, -0.15) is 13.2 Å². The Hall–Kier alpha value is -4.28. The van der Waals surface area contributed by atoms with Crippen molar-refractivity contribution >= 4 is 10.9 Å². The zero-order chi connectivity index (χ0) is 25.2. The fourth-order valence-electron chi connectivity index (χ4n) is 4.43. The van der Waals surface area contributed by atoms with Gasteiger partial charge in [0.25, 0.3) is 5.56 Å². The molecule has 0 atom stereocenters. The molecule has 6 rings (SSSR count). The number of benzene rings is 1. The Morgan fingerprint density at radius 1 is 1.08 bits per heavy atom. The molecule has 1 fully saturated rings. The lowest BCUT2D eigenvalue weighted by Crippen LogP contribution is -2.23. The van der Waals surface area contributed by atoms with Gasteiger partial charge in [0.2, 0.25) is 0 Å². The molecule has 0 saturated heterocycles. The minimum atomic E-state index is -4.68. The third-order valence-corrected chi connectivity index (χ3v) is 6.35. The SMILES string of the molecule is Cn1cnnc1-c1cc(F)ccc1-c1cc(C2CC2)nc(-n2cc(C(F)(F)F)c3cc[nH]c3c2=O)c1. The maximum Gasteiger partial charge on any atom is 0.418 e. The van der Waals surface area contributed by atoms with Gasteiger partial charge in [-0.3, -0.25) is 9.36 Å². The number of H-pyrrole nitrogens is 1. The fourth-order valence-corrected chi connectivity index (χ4v) is 4.43. The molecule has 182 valence electrons. The first-order chi connectivity index (χ1) is 17.2. The lowest BCUT2D eigenvalue weighted by molar-refractivity contribution is -0.136. The average Bonchev–Trinajstić information content (AvgIpc) is 3.41. The summed E-state index contributed by atoms with van der Waals surface area (Å²) in [5.74, 6) is 0.126. The Bertz CT molecular complexity index is 1690. The number of aryl methyl sites for hydroxylation is 1. The van der Waals surface area contributed by atoms with Crippen LogP contribution in [0.3, 0.4) is 0 Å². The maximum atomic E-state index is 14.2. The smallest absolute Gasteiger partial charge is 0.357 e. The monoisotopic (exact) mass is 494 g/mol. The summed E-state index contributed by atoms with van der Waals surface area (Å²) in [4.78, 5) is 20.4. The topological polar surface area (TPSA) is 81.4 Å². The summed E-state index contributed by atoms with van der Waals surface area (Å²) in [7, 11) is 1.72. The molecular formula is C25H18F4N6O. The largest absolute Gasteiger partial charge is 0.418 e. The van der Waals surface area contributed by atoms with Crippen molar-refractivity contribution in [2.24, 2.45) is 7.05 Å². The summed E-state index contributed by atoms with van der Waals surface area (Å²) in [6.07, 6.45) is 0.664. The molecule has 1 aliphatic carbocycles. The lowest BCUT2D eigenvalue weighted by atomic mass is 9.98. The molecule has 5 aromatic rings. The number of nitrogens with zero attached hydrogens (tertiary/aromatic N) is 5. The molecule has 1 saturated carbocycles. The van der Waals surface area contributed by atoms with E-state index in [4.69, 9.17) is 0 Å². The number of fused-ring (bicyclic) bond motifs is 1. The molecule has 0 bridgehead atoms. The second kappa shape index (κ2) is 7.87. The highest BCUT2D eigenvalue weighted by Crippen LogP contribution is 2.42. The molecule has 4 aromatic heterocycles. The van der Waals surface area contributed by atoms with Gasteiger partial charge in [-0.25, -0.2) is 9.37 Å². The van der Waals surface area contributed by atoms with Crippen LogP contribution in [0.25, 0.3) is 39.2 Å². The first kappa shape index (κ1) is 22.2. The summed E-state index contributed by atoms with van der Waals surface area (Å²) in [5, 5.41) is 7.76. The highest BCUT2D eigenvalue weighted by Gasteiger charge is 2.35. The van der Waals surface area contributed by atoms with Crippen LogP contribution >= 0.6 is 0 Å². The van der Waals surface area contributed by atoms with Crippen molar-refractivity contribution in [3.63, 3.8) is 0 Å². The van der Waals surface area contributed by atoms with Gasteiger partial charge in [0.1, 0.15) is 23.5 Å². The number of aromatic amines is 1. The fraction of sp³-hybridized carbons (Fsp3) is 0.200. The second-order valence-electron chi connectivity index (χ2n) is 8.85. The van der Waals surface area contributed by atoms with E-state index in [1.165, 1.54) is 36.8 Å². The van der Waals surface area contributed by atoms with E-state index in [1.807, 2.05) is 6.07 Å². The molecular weight excluding hydrogens is 476 g/mol. The molecule has 1 aromatic carbocycles. The lowest BCUT2D eigenvalue weighted by Gasteiger charge is -2.15. The zero-order valence-corrected chi connectivity index (χ0v) is 18.8. The van der Waals surface area contributed by atoms with Crippen LogP contribution in [-0.2, 0) is 13.2 Å². The number of hydrogen-bond acceptors (Lipinski definition) is 4. The quantitative estimate of drug-likeness (QED) is 0.348. The van der Waals surface area contributed by atoms with E-state index in [-0.39, 0.29) is 22.6 Å². The predicted molar refractivity (Wildman–Crippen MR) is 124 cm³/mol. The van der Waals surface area contributed by atoms with Crippen molar-refractivity contribution in [2.75, 3.05) is 0 Å². The Labute approximate surface area is 201 Å². The van der Waals surface area contributed by atoms with Crippen molar-refractivity contribution in [3.8, 4) is 28.3 Å². The first-order valence-corrected chi connectivity index (χ1v) is 11.2. The number of alkyl halides is 3. The Morgan fingerprint density at radius 3 is 2.58 bits per heavy atom. The van der Waals surface area contributed by atoms with Crippen molar-refractivity contribution in [1.82, 2.24) is 29.3 Å². The van der Waals surface area contributed by atoms with Crippen molar-refractivity contribution in [1.29, 1.82) is 0 Å². The molecule has 0 spiro atoms. The highest BCUT2D eigenvalue weighted by molar-refractivity contribution is 5.84. The number of nitrogens with one attached hydrogen (secondary N) is 1. The normalized spacial score (nSPS) is 14.0. The molecule has 36 heavy (non-hydrogen) atoms. The Kier molecular flexibility index (Phi) is 4.85. The van der Waals surface area contributed by atoms with Crippen LogP contribution in [-0.4, -0.2) is 29.3 Å². The Balaban J connectivity index is 1.62. The van der Waals surface area contributed by atoms with Gasteiger partial charge in [0, 0.05) is 42.0 Å². The molecule has 0 radical (unpaired) electrons. The summed E-state index contributed by atoms with van der Waals surface area (Å²) in [5.41, 5.74) is 0.517. The number of pyridine rings is 2. The van der Waals surface area contributed by atoms with Crippen LogP contribution in [0.2, 0.25) is 0 Å². The van der Waals surface area contributed by atoms with E-state index in [9.17, 15) is 22.4 Å². The summed E-state index contributed by atoms with van der Waals surface area (Å²) >= 11 is 0. The maximum absolute atomic E-state index is 14.2. The van der Waals surface area contributed by atoms with Crippen molar-refractivity contribution in [3.05, 3.63) is 82.5 Å². The van der Waals surface area contributed by atoms with Crippen molar-refractivity contribution in [2.45, 2.75) is 24.9 Å². The van der Waals surface area contributed by atoms with Gasteiger partial charge >= 0.3 is 6.18 Å². The van der Waals surface area contributed by atoms with E-state index >= 15 is 0 Å². The van der Waals surface area contributed by atoms with E-state index in [0.717, 1.165) is 23.6 Å². The van der Waals surface area contributed by atoms with E-state index in [1.54, 1.807) is 17.7 Å². The second-order valence-corrected chi connectivity index (χ2v) is 8.85. The summed E-state index contributed by atoms with van der Waals surface area (Å²) < 4.78 is 58.4. The van der Waals surface area contributed by atoms with Crippen molar-refractivity contribution < 1.29 is 17.6 Å².